The number of hydrogen-bond acceptors (Lipinski definition) is 6. The van der Waals surface area contributed by atoms with Crippen LogP contribution in [0.25, 0.3) is 0 Å². The maximum Gasteiger partial charge on any atom is 0.286 e. The highest BCUT2D eigenvalue weighted by Gasteiger charge is 2.19. The predicted molar refractivity (Wildman–Crippen MR) is 127 cm³/mol. The van der Waals surface area contributed by atoms with E-state index in [1.165, 1.54) is 16.4 Å². The minimum absolute atomic E-state index is 0. The number of rotatable bonds is 7. The number of hydrogen-bond donors (Lipinski definition) is 1. The van der Waals surface area contributed by atoms with Gasteiger partial charge in [0, 0.05) is 44.5 Å². The van der Waals surface area contributed by atoms with Crippen LogP contribution in [-0.4, -0.2) is 48.4 Å². The zero-order chi connectivity index (χ0) is 21.6. The molecule has 4 rings (SSSR count). The number of carbonyl (C=O) groups excluding carboxylic acids is 1. The molecule has 0 atom stereocenters. The highest BCUT2D eigenvalue weighted by atomic mass is 35.5. The standard InChI is InChI=1S/C23H27N5O3.ClH/c1-2-12-24-23(30)20-9-8-19(31-20)17-28-22(29)11-10-21(25-28)27-15-13-26(14-16-27)18-6-4-3-5-7-18;/h3-11H,2,12-17H2,1H3,(H,24,30);1H. The number of aromatic nitrogens is 2. The predicted octanol–water partition coefficient (Wildman–Crippen LogP) is 2.77. The van der Waals surface area contributed by atoms with Gasteiger partial charge in [0.15, 0.2) is 5.76 Å². The molecule has 9 heteroatoms. The van der Waals surface area contributed by atoms with Gasteiger partial charge < -0.3 is 19.5 Å². The summed E-state index contributed by atoms with van der Waals surface area (Å²) in [4.78, 5) is 28.9. The molecule has 32 heavy (non-hydrogen) atoms. The smallest absolute Gasteiger partial charge is 0.286 e. The topological polar surface area (TPSA) is 83.6 Å². The molecule has 0 bridgehead atoms. The zero-order valence-electron chi connectivity index (χ0n) is 18.1. The molecule has 1 aliphatic rings. The summed E-state index contributed by atoms with van der Waals surface area (Å²) in [5.41, 5.74) is 1.01. The van der Waals surface area contributed by atoms with Crippen molar-refractivity contribution in [2.75, 3.05) is 42.5 Å². The van der Waals surface area contributed by atoms with Crippen molar-refractivity contribution in [3.8, 4) is 0 Å². The Morgan fingerprint density at radius 3 is 2.44 bits per heavy atom. The summed E-state index contributed by atoms with van der Waals surface area (Å²) in [6, 6.07) is 17.0. The highest BCUT2D eigenvalue weighted by Crippen LogP contribution is 2.18. The van der Waals surface area contributed by atoms with Crippen molar-refractivity contribution in [3.63, 3.8) is 0 Å². The first kappa shape index (κ1) is 23.4. The number of para-hydroxylation sites is 1. The Kier molecular flexibility index (Phi) is 7.94. The van der Waals surface area contributed by atoms with Gasteiger partial charge in [-0.25, -0.2) is 4.68 Å². The van der Waals surface area contributed by atoms with Crippen molar-refractivity contribution in [1.82, 2.24) is 15.1 Å². The van der Waals surface area contributed by atoms with Crippen LogP contribution in [0, 0.1) is 0 Å². The largest absolute Gasteiger partial charge is 0.454 e. The Bertz CT molecular complexity index is 1070. The maximum atomic E-state index is 12.3. The van der Waals surface area contributed by atoms with Crippen LogP contribution in [0.5, 0.6) is 0 Å². The first-order chi connectivity index (χ1) is 15.1. The second-order valence-electron chi connectivity index (χ2n) is 7.52. The van der Waals surface area contributed by atoms with Gasteiger partial charge in [-0.05, 0) is 36.8 Å². The third-order valence-electron chi connectivity index (χ3n) is 5.30. The van der Waals surface area contributed by atoms with E-state index in [9.17, 15) is 9.59 Å². The first-order valence-corrected chi connectivity index (χ1v) is 10.6. The van der Waals surface area contributed by atoms with Crippen LogP contribution >= 0.6 is 12.4 Å². The summed E-state index contributed by atoms with van der Waals surface area (Å²) >= 11 is 0. The third-order valence-corrected chi connectivity index (χ3v) is 5.30. The summed E-state index contributed by atoms with van der Waals surface area (Å²) in [5, 5.41) is 7.32. The third kappa shape index (κ3) is 5.50. The van der Waals surface area contributed by atoms with Crippen LogP contribution in [0.3, 0.4) is 0 Å². The van der Waals surface area contributed by atoms with Gasteiger partial charge in [0.2, 0.25) is 0 Å². The number of benzene rings is 1. The van der Waals surface area contributed by atoms with E-state index in [1.54, 1.807) is 18.2 Å². The van der Waals surface area contributed by atoms with Gasteiger partial charge in [-0.1, -0.05) is 25.1 Å². The van der Waals surface area contributed by atoms with Gasteiger partial charge in [-0.2, -0.15) is 5.10 Å². The summed E-state index contributed by atoms with van der Waals surface area (Å²) in [5.74, 6) is 1.27. The lowest BCUT2D eigenvalue weighted by molar-refractivity contribution is 0.0924. The average Bonchev–Trinajstić information content (AvgIpc) is 3.28. The minimum Gasteiger partial charge on any atom is -0.454 e. The second kappa shape index (κ2) is 10.9. The van der Waals surface area contributed by atoms with E-state index in [4.69, 9.17) is 4.42 Å². The number of furan rings is 1. The van der Waals surface area contributed by atoms with Crippen molar-refractivity contribution >= 4 is 29.8 Å². The van der Waals surface area contributed by atoms with E-state index in [0.29, 0.717) is 12.3 Å². The summed E-state index contributed by atoms with van der Waals surface area (Å²) in [6.45, 7) is 6.18. The Balaban J connectivity index is 0.00000289. The lowest BCUT2D eigenvalue weighted by atomic mass is 10.2. The Morgan fingerprint density at radius 1 is 1.00 bits per heavy atom. The van der Waals surface area contributed by atoms with E-state index in [1.807, 2.05) is 25.1 Å². The van der Waals surface area contributed by atoms with Crippen molar-refractivity contribution in [1.29, 1.82) is 0 Å². The molecule has 3 aromatic rings. The highest BCUT2D eigenvalue weighted by molar-refractivity contribution is 5.91. The van der Waals surface area contributed by atoms with Crippen LogP contribution in [0.1, 0.15) is 29.7 Å². The Hall–Kier alpha value is -3.26. The fourth-order valence-corrected chi connectivity index (χ4v) is 3.61. The molecule has 3 heterocycles. The number of halogens is 1. The van der Waals surface area contributed by atoms with Gasteiger partial charge in [0.1, 0.15) is 18.1 Å². The van der Waals surface area contributed by atoms with E-state index in [2.05, 4.69) is 32.3 Å². The summed E-state index contributed by atoms with van der Waals surface area (Å²) in [6.07, 6.45) is 0.852. The van der Waals surface area contributed by atoms with Crippen molar-refractivity contribution in [3.05, 3.63) is 76.5 Å². The van der Waals surface area contributed by atoms with Crippen LogP contribution in [-0.2, 0) is 6.54 Å². The molecule has 1 N–H and O–H groups in total. The zero-order valence-corrected chi connectivity index (χ0v) is 18.9. The number of nitrogens with one attached hydrogen (secondary N) is 1. The van der Waals surface area contributed by atoms with E-state index in [0.717, 1.165) is 38.4 Å². The number of carbonyl (C=O) groups is 1. The Labute approximate surface area is 193 Å². The first-order valence-electron chi connectivity index (χ1n) is 10.6. The van der Waals surface area contributed by atoms with Crippen molar-refractivity contribution in [2.24, 2.45) is 0 Å². The van der Waals surface area contributed by atoms with Gasteiger partial charge >= 0.3 is 0 Å². The molecule has 0 radical (unpaired) electrons. The quantitative estimate of drug-likeness (QED) is 0.587. The number of anilines is 2. The molecule has 8 nitrogen and oxygen atoms in total. The number of nitrogens with zero attached hydrogens (tertiary/aromatic N) is 4. The van der Waals surface area contributed by atoms with Gasteiger partial charge in [-0.15, -0.1) is 12.4 Å². The van der Waals surface area contributed by atoms with Crippen molar-refractivity contribution < 1.29 is 9.21 Å². The SMILES string of the molecule is CCCNC(=O)c1ccc(Cn2nc(N3CCN(c4ccccc4)CC3)ccc2=O)o1.Cl. The molecular weight excluding hydrogens is 430 g/mol. The minimum atomic E-state index is -0.251. The van der Waals surface area contributed by atoms with E-state index < -0.39 is 0 Å². The van der Waals surface area contributed by atoms with Crippen molar-refractivity contribution in [2.45, 2.75) is 19.9 Å². The molecule has 170 valence electrons. The lowest BCUT2D eigenvalue weighted by Crippen LogP contribution is -2.47. The molecule has 0 aliphatic carbocycles. The van der Waals surface area contributed by atoms with Crippen LogP contribution < -0.4 is 20.7 Å². The second-order valence-corrected chi connectivity index (χ2v) is 7.52. The fraction of sp³-hybridized carbons (Fsp3) is 0.348. The molecule has 2 aromatic heterocycles. The number of amides is 1. The molecule has 1 aromatic carbocycles. The van der Waals surface area contributed by atoms with E-state index in [-0.39, 0.29) is 36.2 Å². The molecule has 0 unspecified atom stereocenters. The van der Waals surface area contributed by atoms with E-state index >= 15 is 0 Å². The number of piperazine rings is 1. The van der Waals surface area contributed by atoms with Crippen LogP contribution in [0.4, 0.5) is 11.5 Å². The lowest BCUT2D eigenvalue weighted by Gasteiger charge is -2.36. The fourth-order valence-electron chi connectivity index (χ4n) is 3.61. The van der Waals surface area contributed by atoms with Crippen LogP contribution in [0.15, 0.2) is 63.8 Å². The molecular formula is C23H28ClN5O3. The van der Waals surface area contributed by atoms with Gasteiger partial charge in [-0.3, -0.25) is 9.59 Å². The van der Waals surface area contributed by atoms with Crippen LogP contribution in [0.2, 0.25) is 0 Å². The monoisotopic (exact) mass is 457 g/mol. The maximum absolute atomic E-state index is 12.3. The van der Waals surface area contributed by atoms with Gasteiger partial charge in [0.25, 0.3) is 11.5 Å². The normalized spacial score (nSPS) is 13.5. The average molecular weight is 458 g/mol. The molecule has 0 saturated carbocycles. The Morgan fingerprint density at radius 2 is 1.72 bits per heavy atom. The van der Waals surface area contributed by atoms with Gasteiger partial charge in [0.05, 0.1) is 0 Å². The summed E-state index contributed by atoms with van der Waals surface area (Å²) in [7, 11) is 0. The molecule has 1 fully saturated rings. The molecule has 0 spiro atoms. The summed E-state index contributed by atoms with van der Waals surface area (Å²) < 4.78 is 7.00. The molecule has 1 amide bonds. The molecule has 1 saturated heterocycles. The molecule has 1 aliphatic heterocycles.